The molecule has 32 heavy (non-hydrogen) atoms. The lowest BCUT2D eigenvalue weighted by molar-refractivity contribution is 0.184. The molecule has 0 aliphatic heterocycles. The van der Waals surface area contributed by atoms with E-state index in [9.17, 15) is 10.3 Å². The predicted octanol–water partition coefficient (Wildman–Crippen LogP) is 5.68. The van der Waals surface area contributed by atoms with Gasteiger partial charge in [-0.15, -0.1) is 0 Å². The Kier molecular flexibility index (Phi) is 8.93. The largest absolute Gasteiger partial charge is 0.507 e. The topological polar surface area (TPSA) is 94.6 Å². The van der Waals surface area contributed by atoms with Crippen molar-refractivity contribution in [3.63, 3.8) is 0 Å². The molecule has 1 saturated carbocycles. The van der Waals surface area contributed by atoms with E-state index in [1.54, 1.807) is 6.92 Å². The Morgan fingerprint density at radius 1 is 1.34 bits per heavy atom. The quantitative estimate of drug-likeness (QED) is 0.210. The van der Waals surface area contributed by atoms with E-state index in [4.69, 9.17) is 21.4 Å². The van der Waals surface area contributed by atoms with Gasteiger partial charge in [0.25, 0.3) is 0 Å². The van der Waals surface area contributed by atoms with Crippen LogP contribution in [-0.4, -0.2) is 41.2 Å². The molecule has 1 fully saturated rings. The van der Waals surface area contributed by atoms with Crippen LogP contribution < -0.4 is 4.74 Å². The molecule has 0 unspecified atom stereocenters. The fourth-order valence-corrected chi connectivity index (χ4v) is 4.62. The summed E-state index contributed by atoms with van der Waals surface area (Å²) in [5.74, 6) is 1.08. The highest BCUT2D eigenvalue weighted by atomic mass is 35.5. The molecule has 176 valence electrons. The van der Waals surface area contributed by atoms with Gasteiger partial charge in [0.15, 0.2) is 0 Å². The number of methoxy groups -OCH3 is 1. The zero-order valence-electron chi connectivity index (χ0n) is 19.8. The first-order valence-corrected chi connectivity index (χ1v) is 11.2. The fourth-order valence-electron chi connectivity index (χ4n) is 4.33. The first-order chi connectivity index (χ1) is 15.1. The molecule has 0 spiro atoms. The van der Waals surface area contributed by atoms with Gasteiger partial charge in [0.2, 0.25) is 0 Å². The van der Waals surface area contributed by atoms with Crippen molar-refractivity contribution in [3.8, 4) is 11.5 Å². The summed E-state index contributed by atoms with van der Waals surface area (Å²) in [5, 5.41) is 33.1. The number of ether oxygens (including phenoxy) is 1. The van der Waals surface area contributed by atoms with Crippen molar-refractivity contribution in [1.29, 1.82) is 0 Å². The second-order valence-electron chi connectivity index (χ2n) is 8.77. The lowest BCUT2D eigenvalue weighted by Crippen LogP contribution is -2.40. The summed E-state index contributed by atoms with van der Waals surface area (Å²) in [4.78, 5) is 3.83. The van der Waals surface area contributed by atoms with Gasteiger partial charge < -0.3 is 20.2 Å². The smallest absolute Gasteiger partial charge is 0.144 e. The van der Waals surface area contributed by atoms with E-state index in [-0.39, 0.29) is 23.8 Å². The Morgan fingerprint density at radius 3 is 2.62 bits per heavy atom. The number of oxime groups is 1. The van der Waals surface area contributed by atoms with Crippen LogP contribution in [0.5, 0.6) is 11.5 Å². The Bertz CT molecular complexity index is 952. The Hall–Kier alpha value is -2.31. The van der Waals surface area contributed by atoms with E-state index >= 15 is 0 Å². The highest BCUT2D eigenvalue weighted by Gasteiger charge is 2.40. The normalized spacial score (nSPS) is 25.9. The highest BCUT2D eigenvalue weighted by molar-refractivity contribution is 6.33. The van der Waals surface area contributed by atoms with Crippen molar-refractivity contribution in [3.05, 3.63) is 45.5 Å². The molecule has 1 aliphatic carbocycles. The monoisotopic (exact) mass is 462 g/mol. The summed E-state index contributed by atoms with van der Waals surface area (Å²) < 4.78 is 5.48. The molecule has 3 N–H and O–H groups in total. The number of hydrogen-bond acceptors (Lipinski definition) is 6. The number of halogens is 1. The van der Waals surface area contributed by atoms with E-state index in [2.05, 4.69) is 43.1 Å². The number of nitrogens with zero attached hydrogens (tertiary/aromatic N) is 2. The number of aromatic hydroxyl groups is 1. The summed E-state index contributed by atoms with van der Waals surface area (Å²) >= 11 is 6.48. The molecule has 2 rings (SSSR count). The molecule has 0 saturated heterocycles. The van der Waals surface area contributed by atoms with Crippen LogP contribution in [0.2, 0.25) is 5.02 Å². The number of aliphatic imine (C=N–C) groups is 1. The third-order valence-electron chi connectivity index (χ3n) is 7.04. The molecule has 0 amide bonds. The summed E-state index contributed by atoms with van der Waals surface area (Å²) in [6.45, 7) is 9.96. The highest BCUT2D eigenvalue weighted by Crippen LogP contribution is 2.45. The number of aliphatic hydroxyl groups is 1. The van der Waals surface area contributed by atoms with Crippen LogP contribution in [0, 0.1) is 24.2 Å². The SMILES string of the molecule is COc1c(Cl)c(C)c(/C=N/CO)c(O)c1C/C=C(C)/C=C/[C@@]1(C)[C@H](C)CC/C(=N\O)[C@@H]1C. The number of allylic oxidation sites excluding steroid dienone is 4. The zero-order valence-corrected chi connectivity index (χ0v) is 20.6. The van der Waals surface area contributed by atoms with E-state index in [1.807, 2.05) is 13.0 Å². The average Bonchev–Trinajstić information content (AvgIpc) is 2.78. The maximum absolute atomic E-state index is 10.9. The van der Waals surface area contributed by atoms with Crippen LogP contribution in [0.3, 0.4) is 0 Å². The van der Waals surface area contributed by atoms with Crippen molar-refractivity contribution in [2.24, 2.45) is 27.4 Å². The van der Waals surface area contributed by atoms with Gasteiger partial charge in [-0.05, 0) is 50.0 Å². The molecule has 7 heteroatoms. The molecule has 1 aliphatic rings. The predicted molar refractivity (Wildman–Crippen MR) is 131 cm³/mol. The van der Waals surface area contributed by atoms with Gasteiger partial charge in [0.1, 0.15) is 18.2 Å². The summed E-state index contributed by atoms with van der Waals surface area (Å²) in [6.07, 6.45) is 9.94. The van der Waals surface area contributed by atoms with Gasteiger partial charge >= 0.3 is 0 Å². The number of benzene rings is 1. The number of phenolic OH excluding ortho intramolecular Hbond substituents is 1. The molecule has 1 aromatic carbocycles. The van der Waals surface area contributed by atoms with Gasteiger partial charge in [-0.2, -0.15) is 0 Å². The molecule has 0 bridgehead atoms. The molecular formula is C25H35ClN2O4. The van der Waals surface area contributed by atoms with E-state index < -0.39 is 0 Å². The molecule has 6 nitrogen and oxygen atoms in total. The minimum atomic E-state index is -0.375. The standard InChI is InChI=1S/C25H35ClN2O4/c1-15(11-12-25(5)16(2)8-10-21(28-31)18(25)4)7-9-19-23(30)20(13-27-14-29)17(3)22(26)24(19)32-6/h7,11-13,16,18,29-31H,8-10,14H2,1-6H3/b12-11+,15-7+,27-13+,28-21+/t16-,18+,25+/m1/s1. The minimum Gasteiger partial charge on any atom is -0.507 e. The third kappa shape index (κ3) is 5.18. The maximum Gasteiger partial charge on any atom is 0.144 e. The second kappa shape index (κ2) is 11.0. The number of aliphatic hydroxyl groups excluding tert-OH is 1. The average molecular weight is 463 g/mol. The third-order valence-corrected chi connectivity index (χ3v) is 7.50. The maximum atomic E-state index is 10.9. The van der Waals surface area contributed by atoms with Gasteiger partial charge in [0, 0.05) is 23.3 Å². The van der Waals surface area contributed by atoms with Crippen molar-refractivity contribution in [2.45, 2.75) is 53.9 Å². The van der Waals surface area contributed by atoms with E-state index in [1.165, 1.54) is 13.3 Å². The number of hydrogen-bond donors (Lipinski definition) is 3. The summed E-state index contributed by atoms with van der Waals surface area (Å²) in [6, 6.07) is 0. The zero-order chi connectivity index (χ0) is 24.1. The van der Waals surface area contributed by atoms with Crippen LogP contribution >= 0.6 is 11.6 Å². The van der Waals surface area contributed by atoms with Gasteiger partial charge in [-0.25, -0.2) is 0 Å². The Morgan fingerprint density at radius 2 is 2.03 bits per heavy atom. The second-order valence-corrected chi connectivity index (χ2v) is 9.15. The van der Waals surface area contributed by atoms with Gasteiger partial charge in [-0.1, -0.05) is 61.3 Å². The molecule has 3 atom stereocenters. The van der Waals surface area contributed by atoms with Crippen LogP contribution in [0.4, 0.5) is 0 Å². The van der Waals surface area contributed by atoms with Crippen molar-refractivity contribution in [2.75, 3.05) is 13.8 Å². The molecule has 0 aromatic heterocycles. The summed E-state index contributed by atoms with van der Waals surface area (Å²) in [5.41, 5.74) is 3.43. The molecule has 1 aromatic rings. The lowest BCUT2D eigenvalue weighted by Gasteiger charge is -2.43. The Balaban J connectivity index is 2.36. The lowest BCUT2D eigenvalue weighted by atomic mass is 9.61. The van der Waals surface area contributed by atoms with Gasteiger partial charge in [-0.3, -0.25) is 4.99 Å². The first kappa shape index (κ1) is 25.9. The van der Waals surface area contributed by atoms with Crippen molar-refractivity contribution in [1.82, 2.24) is 0 Å². The van der Waals surface area contributed by atoms with E-state index in [0.29, 0.717) is 39.8 Å². The summed E-state index contributed by atoms with van der Waals surface area (Å²) in [7, 11) is 1.52. The van der Waals surface area contributed by atoms with Crippen LogP contribution in [0.1, 0.15) is 57.2 Å². The minimum absolute atomic E-state index is 0.0410. The fraction of sp³-hybridized carbons (Fsp3) is 0.520. The number of rotatable bonds is 7. The molecule has 0 radical (unpaired) electrons. The Labute approximate surface area is 196 Å². The van der Waals surface area contributed by atoms with Crippen LogP contribution in [0.25, 0.3) is 0 Å². The number of phenols is 1. The van der Waals surface area contributed by atoms with Crippen molar-refractivity contribution >= 4 is 23.5 Å². The molecular weight excluding hydrogens is 428 g/mol. The molecule has 0 heterocycles. The van der Waals surface area contributed by atoms with Crippen LogP contribution in [0.15, 0.2) is 33.9 Å². The van der Waals surface area contributed by atoms with Gasteiger partial charge in [0.05, 0.1) is 17.8 Å². The van der Waals surface area contributed by atoms with Crippen LogP contribution in [-0.2, 0) is 6.42 Å². The van der Waals surface area contributed by atoms with Crippen molar-refractivity contribution < 1.29 is 20.2 Å². The van der Waals surface area contributed by atoms with E-state index in [0.717, 1.165) is 24.1 Å². The first-order valence-electron chi connectivity index (χ1n) is 10.9.